The van der Waals surface area contributed by atoms with Gasteiger partial charge in [0.15, 0.2) is 0 Å². The van der Waals surface area contributed by atoms with E-state index < -0.39 is 0 Å². The van der Waals surface area contributed by atoms with Crippen molar-refractivity contribution >= 4 is 23.2 Å². The fraction of sp³-hybridized carbons (Fsp3) is 0.444. The number of pyridine rings is 1. The lowest BCUT2D eigenvalue weighted by Gasteiger charge is -2.36. The molecule has 1 aliphatic carbocycles. The Labute approximate surface area is 152 Å². The summed E-state index contributed by atoms with van der Waals surface area (Å²) in [5.74, 6) is 2.37. The lowest BCUT2D eigenvalue weighted by Crippen LogP contribution is -2.47. The molecule has 3 heterocycles. The molecule has 0 bridgehead atoms. The largest absolute Gasteiger partial charge is 0.353 e. The van der Waals surface area contributed by atoms with Crippen molar-refractivity contribution in [1.82, 2.24) is 15.0 Å². The average Bonchev–Trinajstić information content (AvgIpc) is 2.61. The van der Waals surface area contributed by atoms with Crippen molar-refractivity contribution < 1.29 is 0 Å². The number of nitriles is 1. The highest BCUT2D eigenvalue weighted by Crippen LogP contribution is 2.36. The summed E-state index contributed by atoms with van der Waals surface area (Å²) >= 11 is 6.28. The maximum Gasteiger partial charge on any atom is 0.147 e. The molecule has 4 rings (SSSR count). The molecule has 1 aliphatic heterocycles. The van der Waals surface area contributed by atoms with E-state index in [1.165, 1.54) is 25.0 Å². The van der Waals surface area contributed by atoms with Crippen LogP contribution in [0.3, 0.4) is 0 Å². The van der Waals surface area contributed by atoms with E-state index in [1.807, 2.05) is 0 Å². The topological polar surface area (TPSA) is 68.9 Å². The Bertz CT molecular complexity index is 805. The van der Waals surface area contributed by atoms with Gasteiger partial charge in [0, 0.05) is 50.1 Å². The van der Waals surface area contributed by atoms with Gasteiger partial charge < -0.3 is 9.80 Å². The van der Waals surface area contributed by atoms with Crippen LogP contribution in [0.1, 0.15) is 36.4 Å². The van der Waals surface area contributed by atoms with Gasteiger partial charge in [0.25, 0.3) is 0 Å². The minimum atomic E-state index is 0.483. The Kier molecular flexibility index (Phi) is 4.41. The Hall–Kier alpha value is -2.39. The number of piperazine rings is 1. The van der Waals surface area contributed by atoms with E-state index in [2.05, 4.69) is 36.9 Å². The van der Waals surface area contributed by atoms with Gasteiger partial charge in [-0.1, -0.05) is 18.0 Å². The fourth-order valence-electron chi connectivity index (χ4n) is 3.33. The van der Waals surface area contributed by atoms with E-state index in [0.717, 1.165) is 37.8 Å². The van der Waals surface area contributed by atoms with Gasteiger partial charge in [-0.3, -0.25) is 0 Å². The van der Waals surface area contributed by atoms with Crippen molar-refractivity contribution in [2.45, 2.75) is 25.2 Å². The van der Waals surface area contributed by atoms with Crippen LogP contribution in [-0.4, -0.2) is 41.1 Å². The third-order valence-electron chi connectivity index (χ3n) is 5.05. The molecule has 0 amide bonds. The van der Waals surface area contributed by atoms with Crippen LogP contribution in [0.5, 0.6) is 0 Å². The predicted molar refractivity (Wildman–Crippen MR) is 97.0 cm³/mol. The van der Waals surface area contributed by atoms with E-state index in [-0.39, 0.29) is 0 Å². The van der Waals surface area contributed by atoms with E-state index in [9.17, 15) is 0 Å². The van der Waals surface area contributed by atoms with Gasteiger partial charge >= 0.3 is 0 Å². The lowest BCUT2D eigenvalue weighted by molar-refractivity contribution is 0.410. The van der Waals surface area contributed by atoms with Crippen molar-refractivity contribution in [3.05, 3.63) is 40.9 Å². The van der Waals surface area contributed by atoms with Crippen LogP contribution in [-0.2, 0) is 0 Å². The van der Waals surface area contributed by atoms with Gasteiger partial charge in [0.1, 0.15) is 24.0 Å². The molecule has 0 radical (unpaired) electrons. The standard InChI is InChI=1S/C18H19ClN6/c19-15-8-13(10-20)11-21-18(15)25-6-4-24(5-7-25)17-9-16(22-12-23-17)14-2-1-3-14/h8-9,11-12,14H,1-7H2. The normalized spacial score (nSPS) is 17.9. The van der Waals surface area contributed by atoms with Crippen LogP contribution in [0, 0.1) is 11.3 Å². The van der Waals surface area contributed by atoms with Crippen LogP contribution < -0.4 is 9.80 Å². The summed E-state index contributed by atoms with van der Waals surface area (Å²) in [5, 5.41) is 9.46. The molecule has 0 spiro atoms. The number of rotatable bonds is 3. The van der Waals surface area contributed by atoms with Crippen LogP contribution in [0.15, 0.2) is 24.7 Å². The molecule has 2 fully saturated rings. The van der Waals surface area contributed by atoms with E-state index in [1.54, 1.807) is 18.6 Å². The number of anilines is 2. The first-order valence-corrected chi connectivity index (χ1v) is 9.00. The molecule has 1 saturated carbocycles. The molecule has 2 aromatic heterocycles. The van der Waals surface area contributed by atoms with Crippen molar-refractivity contribution in [2.75, 3.05) is 36.0 Å². The third-order valence-corrected chi connectivity index (χ3v) is 5.33. The van der Waals surface area contributed by atoms with Gasteiger partial charge in [-0.15, -0.1) is 0 Å². The van der Waals surface area contributed by atoms with Crippen molar-refractivity contribution in [2.24, 2.45) is 0 Å². The smallest absolute Gasteiger partial charge is 0.147 e. The summed E-state index contributed by atoms with van der Waals surface area (Å²) < 4.78 is 0. The van der Waals surface area contributed by atoms with Crippen LogP contribution in [0.25, 0.3) is 0 Å². The summed E-state index contributed by atoms with van der Waals surface area (Å²) in [6, 6.07) is 5.88. The minimum absolute atomic E-state index is 0.483. The SMILES string of the molecule is N#Cc1cnc(N2CCN(c3cc(C4CCC4)ncn3)CC2)c(Cl)c1. The summed E-state index contributed by atoms with van der Waals surface area (Å²) in [4.78, 5) is 17.7. The van der Waals surface area contributed by atoms with Crippen LogP contribution in [0.2, 0.25) is 5.02 Å². The molecule has 0 aromatic carbocycles. The highest BCUT2D eigenvalue weighted by Gasteiger charge is 2.24. The highest BCUT2D eigenvalue weighted by atomic mass is 35.5. The monoisotopic (exact) mass is 354 g/mol. The molecule has 25 heavy (non-hydrogen) atoms. The number of halogens is 1. The zero-order valence-corrected chi connectivity index (χ0v) is 14.7. The van der Waals surface area contributed by atoms with E-state index in [0.29, 0.717) is 16.5 Å². The zero-order chi connectivity index (χ0) is 17.2. The number of nitrogens with zero attached hydrogens (tertiary/aromatic N) is 6. The predicted octanol–water partition coefficient (Wildman–Crippen LogP) is 2.99. The Morgan fingerprint density at radius 2 is 1.80 bits per heavy atom. The molecule has 2 aliphatic rings. The fourth-order valence-corrected chi connectivity index (χ4v) is 3.62. The number of hydrogen-bond donors (Lipinski definition) is 0. The summed E-state index contributed by atoms with van der Waals surface area (Å²) in [7, 11) is 0. The lowest BCUT2D eigenvalue weighted by atomic mass is 9.83. The molecule has 0 unspecified atom stereocenters. The van der Waals surface area contributed by atoms with Crippen molar-refractivity contribution in [1.29, 1.82) is 5.26 Å². The molecule has 7 heteroatoms. The first-order valence-electron chi connectivity index (χ1n) is 8.62. The van der Waals surface area contributed by atoms with Gasteiger partial charge in [-0.2, -0.15) is 5.26 Å². The molecule has 1 saturated heterocycles. The molecule has 0 atom stereocenters. The molecular formula is C18H19ClN6. The van der Waals surface area contributed by atoms with Crippen LogP contribution in [0.4, 0.5) is 11.6 Å². The molecule has 128 valence electrons. The third kappa shape index (κ3) is 3.24. The summed E-state index contributed by atoms with van der Waals surface area (Å²) in [5.41, 5.74) is 1.66. The average molecular weight is 355 g/mol. The van der Waals surface area contributed by atoms with E-state index >= 15 is 0 Å². The number of hydrogen-bond acceptors (Lipinski definition) is 6. The quantitative estimate of drug-likeness (QED) is 0.844. The Morgan fingerprint density at radius 1 is 1.04 bits per heavy atom. The van der Waals surface area contributed by atoms with E-state index in [4.69, 9.17) is 16.9 Å². The Morgan fingerprint density at radius 3 is 2.44 bits per heavy atom. The van der Waals surface area contributed by atoms with Gasteiger partial charge in [0.2, 0.25) is 0 Å². The first kappa shape index (κ1) is 16.1. The molecule has 0 N–H and O–H groups in total. The number of aromatic nitrogens is 3. The summed E-state index contributed by atoms with van der Waals surface area (Å²) in [6.07, 6.45) is 7.05. The van der Waals surface area contributed by atoms with Crippen molar-refractivity contribution in [3.63, 3.8) is 0 Å². The second-order valence-corrected chi connectivity index (χ2v) is 6.95. The second kappa shape index (κ2) is 6.85. The van der Waals surface area contributed by atoms with Gasteiger partial charge in [-0.25, -0.2) is 15.0 Å². The minimum Gasteiger partial charge on any atom is -0.353 e. The molecular weight excluding hydrogens is 336 g/mol. The Balaban J connectivity index is 1.44. The van der Waals surface area contributed by atoms with Gasteiger partial charge in [0.05, 0.1) is 10.6 Å². The van der Waals surface area contributed by atoms with Crippen LogP contribution >= 0.6 is 11.6 Å². The maximum atomic E-state index is 8.93. The molecule has 6 nitrogen and oxygen atoms in total. The summed E-state index contributed by atoms with van der Waals surface area (Å²) in [6.45, 7) is 3.36. The zero-order valence-electron chi connectivity index (χ0n) is 13.9. The van der Waals surface area contributed by atoms with Gasteiger partial charge in [-0.05, 0) is 18.9 Å². The maximum absolute atomic E-state index is 8.93. The second-order valence-electron chi connectivity index (χ2n) is 6.54. The van der Waals surface area contributed by atoms with Crippen molar-refractivity contribution in [3.8, 4) is 6.07 Å². The highest BCUT2D eigenvalue weighted by molar-refractivity contribution is 6.33. The molecule has 2 aromatic rings. The first-order chi connectivity index (χ1) is 12.2.